The maximum absolute atomic E-state index is 12.8. The Balaban J connectivity index is 1.54. The molecule has 2 aromatic carbocycles. The van der Waals surface area contributed by atoms with Crippen LogP contribution in [-0.2, 0) is 16.0 Å². The number of hydrogen-bond acceptors (Lipinski definition) is 5. The summed E-state index contributed by atoms with van der Waals surface area (Å²) in [6.07, 6.45) is 0.921. The lowest BCUT2D eigenvalue weighted by atomic mass is 9.94. The average Bonchev–Trinajstić information content (AvgIpc) is 2.85. The second-order valence-corrected chi connectivity index (χ2v) is 9.14. The van der Waals surface area contributed by atoms with E-state index < -0.39 is 12.0 Å². The van der Waals surface area contributed by atoms with E-state index in [0.717, 1.165) is 48.9 Å². The number of esters is 1. The summed E-state index contributed by atoms with van der Waals surface area (Å²) in [5.74, 6) is -0.444. The van der Waals surface area contributed by atoms with E-state index in [1.807, 2.05) is 42.5 Å². The van der Waals surface area contributed by atoms with Crippen molar-refractivity contribution in [2.24, 2.45) is 0 Å². The number of hydrogen-bond donors (Lipinski definition) is 2. The minimum Gasteiger partial charge on any atom is -0.466 e. The quantitative estimate of drug-likeness (QED) is 0.612. The Morgan fingerprint density at radius 2 is 1.82 bits per heavy atom. The van der Waals surface area contributed by atoms with Crippen molar-refractivity contribution < 1.29 is 14.3 Å². The fraction of sp³-hybridized carbons (Fsp3) is 0.385. The number of nitrogens with zero attached hydrogens (tertiary/aromatic N) is 2. The number of amides is 2. The van der Waals surface area contributed by atoms with Crippen LogP contribution >= 0.6 is 11.6 Å². The highest BCUT2D eigenvalue weighted by molar-refractivity contribution is 6.30. The molecule has 0 bridgehead atoms. The van der Waals surface area contributed by atoms with Crippen LogP contribution in [0.5, 0.6) is 0 Å². The first kappa shape index (κ1) is 24.1. The van der Waals surface area contributed by atoms with Crippen molar-refractivity contribution in [2.75, 3.05) is 44.7 Å². The topological polar surface area (TPSA) is 73.9 Å². The molecule has 2 N–H and O–H groups in total. The summed E-state index contributed by atoms with van der Waals surface area (Å²) < 4.78 is 5.11. The SMILES string of the molecule is CCc1ccc(C2NC(=O)NC(CN3CCN(c4cc(Cl)ccc4C)CC3)=C2C(=O)OC)cc1. The van der Waals surface area contributed by atoms with Gasteiger partial charge in [-0.15, -0.1) is 0 Å². The lowest BCUT2D eigenvalue weighted by Gasteiger charge is -2.38. The number of nitrogens with one attached hydrogen (secondary N) is 2. The van der Waals surface area contributed by atoms with Gasteiger partial charge in [0.1, 0.15) is 0 Å². The molecule has 1 fully saturated rings. The van der Waals surface area contributed by atoms with Gasteiger partial charge in [-0.25, -0.2) is 9.59 Å². The second kappa shape index (κ2) is 10.5. The molecule has 0 aromatic heterocycles. The Labute approximate surface area is 205 Å². The van der Waals surface area contributed by atoms with Gasteiger partial charge in [-0.3, -0.25) is 4.90 Å². The zero-order chi connectivity index (χ0) is 24.2. The molecular formula is C26H31ClN4O3. The fourth-order valence-electron chi connectivity index (χ4n) is 4.58. The first-order chi connectivity index (χ1) is 16.4. The molecule has 34 heavy (non-hydrogen) atoms. The Hall–Kier alpha value is -3.03. The standard InChI is InChI=1S/C26H31ClN4O3/c1-4-18-6-8-19(9-7-18)24-23(25(32)34-3)21(28-26(33)29-24)16-30-11-13-31(14-12-30)22-15-20(27)10-5-17(22)2/h5-10,15,24H,4,11-14,16H2,1-3H3,(H2,28,29,33). The third kappa shape index (κ3) is 5.21. The lowest BCUT2D eigenvalue weighted by Crippen LogP contribution is -2.51. The third-order valence-electron chi connectivity index (χ3n) is 6.55. The van der Waals surface area contributed by atoms with Crippen LogP contribution in [0.2, 0.25) is 5.02 Å². The molecule has 1 saturated heterocycles. The molecule has 4 rings (SSSR count). The summed E-state index contributed by atoms with van der Waals surface area (Å²) in [5.41, 5.74) is 5.42. The Morgan fingerprint density at radius 3 is 2.47 bits per heavy atom. The molecule has 2 heterocycles. The Bertz CT molecular complexity index is 1090. The molecule has 2 amide bonds. The summed E-state index contributed by atoms with van der Waals surface area (Å²) in [5, 5.41) is 6.49. The van der Waals surface area contributed by atoms with Gasteiger partial charge in [-0.05, 0) is 42.2 Å². The number of rotatable bonds is 6. The number of carbonyl (C=O) groups excluding carboxylic acids is 2. The average molecular weight is 483 g/mol. The van der Waals surface area contributed by atoms with Crippen molar-refractivity contribution in [3.63, 3.8) is 0 Å². The van der Waals surface area contributed by atoms with Crippen molar-refractivity contribution in [3.8, 4) is 0 Å². The van der Waals surface area contributed by atoms with Crippen LogP contribution in [0.4, 0.5) is 10.5 Å². The first-order valence-corrected chi connectivity index (χ1v) is 12.0. The van der Waals surface area contributed by atoms with E-state index in [4.69, 9.17) is 16.3 Å². The Kier molecular flexibility index (Phi) is 7.44. The molecule has 2 aliphatic heterocycles. The molecule has 8 heteroatoms. The van der Waals surface area contributed by atoms with E-state index in [0.29, 0.717) is 17.8 Å². The van der Waals surface area contributed by atoms with Gasteiger partial charge in [0, 0.05) is 49.1 Å². The van der Waals surface area contributed by atoms with Crippen LogP contribution in [0.1, 0.15) is 29.7 Å². The maximum atomic E-state index is 12.8. The van der Waals surface area contributed by atoms with Gasteiger partial charge in [0.2, 0.25) is 0 Å². The summed E-state index contributed by atoms with van der Waals surface area (Å²) in [4.78, 5) is 29.9. The van der Waals surface area contributed by atoms with Crippen molar-refractivity contribution >= 4 is 29.3 Å². The van der Waals surface area contributed by atoms with E-state index in [9.17, 15) is 9.59 Å². The summed E-state index contributed by atoms with van der Waals surface area (Å²) >= 11 is 6.21. The zero-order valence-corrected chi connectivity index (χ0v) is 20.6. The molecule has 0 aliphatic carbocycles. The van der Waals surface area contributed by atoms with E-state index in [1.54, 1.807) is 0 Å². The molecule has 180 valence electrons. The van der Waals surface area contributed by atoms with Gasteiger partial charge in [0.05, 0.1) is 18.7 Å². The van der Waals surface area contributed by atoms with Crippen molar-refractivity contribution in [1.29, 1.82) is 0 Å². The highest BCUT2D eigenvalue weighted by Crippen LogP contribution is 2.29. The zero-order valence-electron chi connectivity index (χ0n) is 19.9. The summed E-state index contributed by atoms with van der Waals surface area (Å²) in [6, 6.07) is 13.0. The number of benzene rings is 2. The van der Waals surface area contributed by atoms with E-state index in [2.05, 4.69) is 34.3 Å². The maximum Gasteiger partial charge on any atom is 0.338 e. The molecule has 0 spiro atoms. The molecule has 1 unspecified atom stereocenters. The van der Waals surface area contributed by atoms with Crippen LogP contribution in [0.3, 0.4) is 0 Å². The van der Waals surface area contributed by atoms with Crippen LogP contribution in [0.25, 0.3) is 0 Å². The first-order valence-electron chi connectivity index (χ1n) is 11.6. The van der Waals surface area contributed by atoms with E-state index in [1.165, 1.54) is 18.2 Å². The van der Waals surface area contributed by atoms with Crippen LogP contribution in [0, 0.1) is 6.92 Å². The predicted octanol–water partition coefficient (Wildman–Crippen LogP) is 3.81. The van der Waals surface area contributed by atoms with Crippen LogP contribution < -0.4 is 15.5 Å². The number of methoxy groups -OCH3 is 1. The highest BCUT2D eigenvalue weighted by Gasteiger charge is 2.34. The number of anilines is 1. The minimum absolute atomic E-state index is 0.319. The summed E-state index contributed by atoms with van der Waals surface area (Å²) in [6.45, 7) is 7.89. The number of piperazine rings is 1. The van der Waals surface area contributed by atoms with E-state index >= 15 is 0 Å². The molecule has 1 atom stereocenters. The molecule has 0 saturated carbocycles. The number of halogens is 1. The van der Waals surface area contributed by atoms with Gasteiger partial charge in [0.15, 0.2) is 0 Å². The monoisotopic (exact) mass is 482 g/mol. The fourth-order valence-corrected chi connectivity index (χ4v) is 4.75. The minimum atomic E-state index is -0.558. The van der Waals surface area contributed by atoms with Gasteiger partial charge in [-0.1, -0.05) is 48.9 Å². The Morgan fingerprint density at radius 1 is 1.12 bits per heavy atom. The number of aryl methyl sites for hydroxylation is 2. The van der Waals surface area contributed by atoms with Crippen molar-refractivity contribution in [2.45, 2.75) is 26.3 Å². The second-order valence-electron chi connectivity index (χ2n) is 8.70. The van der Waals surface area contributed by atoms with Crippen LogP contribution in [0.15, 0.2) is 53.7 Å². The smallest absolute Gasteiger partial charge is 0.338 e. The summed E-state index contributed by atoms with van der Waals surface area (Å²) in [7, 11) is 1.37. The van der Waals surface area contributed by atoms with Gasteiger partial charge < -0.3 is 20.3 Å². The lowest BCUT2D eigenvalue weighted by molar-refractivity contribution is -0.136. The van der Waals surface area contributed by atoms with Crippen LogP contribution in [-0.4, -0.2) is 56.7 Å². The number of carbonyl (C=O) groups is 2. The number of ether oxygens (including phenoxy) is 1. The molecule has 2 aliphatic rings. The van der Waals surface area contributed by atoms with E-state index in [-0.39, 0.29) is 6.03 Å². The predicted molar refractivity (Wildman–Crippen MR) is 134 cm³/mol. The molecular weight excluding hydrogens is 452 g/mol. The van der Waals surface area contributed by atoms with Gasteiger partial charge in [0.25, 0.3) is 0 Å². The number of urea groups is 1. The molecule has 0 radical (unpaired) electrons. The normalized spacial score (nSPS) is 19.0. The molecule has 2 aromatic rings. The van der Waals surface area contributed by atoms with Gasteiger partial charge >= 0.3 is 12.0 Å². The third-order valence-corrected chi connectivity index (χ3v) is 6.78. The van der Waals surface area contributed by atoms with Gasteiger partial charge in [-0.2, -0.15) is 0 Å². The highest BCUT2D eigenvalue weighted by atomic mass is 35.5. The van der Waals surface area contributed by atoms with Crippen molar-refractivity contribution in [1.82, 2.24) is 15.5 Å². The van der Waals surface area contributed by atoms with Crippen molar-refractivity contribution in [3.05, 3.63) is 75.4 Å². The molecule has 7 nitrogen and oxygen atoms in total. The largest absolute Gasteiger partial charge is 0.466 e.